The van der Waals surface area contributed by atoms with Crippen LogP contribution in [0, 0.1) is 0 Å². The second-order valence-corrected chi connectivity index (χ2v) is 13.3. The van der Waals surface area contributed by atoms with Gasteiger partial charge in [-0.3, -0.25) is 9.69 Å². The van der Waals surface area contributed by atoms with Crippen molar-refractivity contribution in [2.75, 3.05) is 44.2 Å². The van der Waals surface area contributed by atoms with Crippen LogP contribution in [0.1, 0.15) is 81.1 Å². The molecule has 0 aromatic heterocycles. The molecule has 1 fully saturated rings. The van der Waals surface area contributed by atoms with Crippen LogP contribution >= 0.6 is 0 Å². The lowest BCUT2D eigenvalue weighted by molar-refractivity contribution is -0.137. The fraction of sp³-hybridized carbons (Fsp3) is 0.545. The van der Waals surface area contributed by atoms with Crippen molar-refractivity contribution >= 4 is 23.8 Å². The summed E-state index contributed by atoms with van der Waals surface area (Å²) < 4.78 is 56.2. The van der Waals surface area contributed by atoms with E-state index in [2.05, 4.69) is 4.90 Å². The number of carbonyl (C=O) groups is 3. The molecule has 246 valence electrons. The molecule has 1 atom stereocenters. The molecule has 0 aliphatic carbocycles. The molecule has 2 aliphatic rings. The standard InChI is InChI=1S/C33H42F3N3O6/c1-31(2,3)44-29(41)39(30(42)45-32(4,5)6)28(40)23-10-11-26-22(20-23)13-19-43-27(26)12-14-37-15-17-38(18-16-37)25-9-7-8-24(21-25)33(34,35)36/h7-11,20-21,27H,12-19H2,1-6H3. The summed E-state index contributed by atoms with van der Waals surface area (Å²) in [6.45, 7) is 13.6. The average Bonchev–Trinajstić information content (AvgIpc) is 2.93. The maximum absolute atomic E-state index is 13.5. The molecule has 3 amide bonds. The second-order valence-electron chi connectivity index (χ2n) is 13.3. The number of hydrogen-bond donors (Lipinski definition) is 0. The Morgan fingerprint density at radius 2 is 1.51 bits per heavy atom. The summed E-state index contributed by atoms with van der Waals surface area (Å²) in [6, 6.07) is 10.5. The Kier molecular flexibility index (Phi) is 10.2. The quantitative estimate of drug-likeness (QED) is 0.354. The van der Waals surface area contributed by atoms with Crippen LogP contribution in [0.15, 0.2) is 42.5 Å². The molecule has 2 aromatic rings. The van der Waals surface area contributed by atoms with E-state index in [4.69, 9.17) is 14.2 Å². The molecule has 1 saturated heterocycles. The molecule has 2 aliphatic heterocycles. The van der Waals surface area contributed by atoms with Gasteiger partial charge in [0.2, 0.25) is 0 Å². The van der Waals surface area contributed by atoms with Crippen molar-refractivity contribution in [2.45, 2.75) is 77.9 Å². The highest BCUT2D eigenvalue weighted by molar-refractivity contribution is 6.13. The van der Waals surface area contributed by atoms with E-state index < -0.39 is 41.0 Å². The predicted octanol–water partition coefficient (Wildman–Crippen LogP) is 6.84. The molecule has 0 N–H and O–H groups in total. The molecule has 0 radical (unpaired) electrons. The van der Waals surface area contributed by atoms with E-state index in [9.17, 15) is 27.6 Å². The number of hydrogen-bond acceptors (Lipinski definition) is 8. The van der Waals surface area contributed by atoms with E-state index in [1.165, 1.54) is 12.1 Å². The van der Waals surface area contributed by atoms with Crippen molar-refractivity contribution in [2.24, 2.45) is 0 Å². The lowest BCUT2D eigenvalue weighted by Gasteiger charge is -2.37. The SMILES string of the molecule is CC(C)(C)OC(=O)N(C(=O)OC(C)(C)C)C(=O)c1ccc2c(c1)CCOC2CCN1CCN(c2cccc(C(F)(F)F)c2)CC1. The Morgan fingerprint density at radius 3 is 2.09 bits per heavy atom. The van der Waals surface area contributed by atoms with Crippen LogP contribution in [-0.2, 0) is 26.8 Å². The minimum Gasteiger partial charge on any atom is -0.443 e. The molecule has 1 unspecified atom stereocenters. The number of nitrogens with zero attached hydrogens (tertiary/aromatic N) is 3. The third-order valence-corrected chi connectivity index (χ3v) is 7.40. The minimum atomic E-state index is -4.38. The number of piperazine rings is 1. The lowest BCUT2D eigenvalue weighted by Crippen LogP contribution is -2.47. The summed E-state index contributed by atoms with van der Waals surface area (Å²) in [5.41, 5.74) is 0.00308. The Hall–Kier alpha value is -3.64. The first kappa shape index (κ1) is 34.2. The Bertz CT molecular complexity index is 1360. The zero-order chi connectivity index (χ0) is 33.2. The average molecular weight is 634 g/mol. The Morgan fingerprint density at radius 1 is 0.889 bits per heavy atom. The van der Waals surface area contributed by atoms with Gasteiger partial charge in [-0.25, -0.2) is 9.59 Å². The number of carbonyl (C=O) groups excluding carboxylic acids is 3. The third-order valence-electron chi connectivity index (χ3n) is 7.40. The van der Waals surface area contributed by atoms with Gasteiger partial charge in [-0.1, -0.05) is 12.1 Å². The van der Waals surface area contributed by atoms with Crippen molar-refractivity contribution in [1.29, 1.82) is 0 Å². The van der Waals surface area contributed by atoms with Crippen molar-refractivity contribution in [3.05, 3.63) is 64.7 Å². The van der Waals surface area contributed by atoms with Gasteiger partial charge in [-0.15, -0.1) is 4.90 Å². The molecule has 0 spiro atoms. The van der Waals surface area contributed by atoms with E-state index in [1.54, 1.807) is 65.8 Å². The molecular formula is C33H42F3N3O6. The minimum absolute atomic E-state index is 0.150. The Labute approximate surface area is 262 Å². The number of amides is 3. The molecular weight excluding hydrogens is 591 g/mol. The number of benzene rings is 2. The summed E-state index contributed by atoms with van der Waals surface area (Å²) in [6.07, 6.45) is -5.58. The van der Waals surface area contributed by atoms with Crippen molar-refractivity contribution in [1.82, 2.24) is 9.80 Å². The van der Waals surface area contributed by atoms with Gasteiger partial charge in [-0.2, -0.15) is 13.2 Å². The first-order valence-corrected chi connectivity index (χ1v) is 15.1. The van der Waals surface area contributed by atoms with Gasteiger partial charge in [0.25, 0.3) is 5.91 Å². The van der Waals surface area contributed by atoms with Crippen LogP contribution in [0.4, 0.5) is 28.4 Å². The van der Waals surface area contributed by atoms with Gasteiger partial charge in [-0.05, 0) is 95.8 Å². The molecule has 2 heterocycles. The monoisotopic (exact) mass is 633 g/mol. The fourth-order valence-electron chi connectivity index (χ4n) is 5.30. The number of alkyl halides is 3. The topological polar surface area (TPSA) is 88.6 Å². The van der Waals surface area contributed by atoms with Crippen LogP contribution in [-0.4, -0.2) is 78.4 Å². The molecule has 0 saturated carbocycles. The van der Waals surface area contributed by atoms with E-state index in [-0.39, 0.29) is 11.7 Å². The zero-order valence-electron chi connectivity index (χ0n) is 26.7. The first-order valence-electron chi connectivity index (χ1n) is 15.1. The lowest BCUT2D eigenvalue weighted by atomic mass is 9.93. The molecule has 0 bridgehead atoms. The van der Waals surface area contributed by atoms with Crippen molar-refractivity contribution in [3.8, 4) is 0 Å². The highest BCUT2D eigenvalue weighted by Crippen LogP contribution is 2.33. The number of fused-ring (bicyclic) bond motifs is 1. The van der Waals surface area contributed by atoms with Crippen LogP contribution in [0.2, 0.25) is 0 Å². The molecule has 12 heteroatoms. The summed E-state index contributed by atoms with van der Waals surface area (Å²) >= 11 is 0. The maximum atomic E-state index is 13.5. The zero-order valence-corrected chi connectivity index (χ0v) is 26.7. The van der Waals surface area contributed by atoms with Crippen molar-refractivity contribution in [3.63, 3.8) is 0 Å². The predicted molar refractivity (Wildman–Crippen MR) is 162 cm³/mol. The first-order chi connectivity index (χ1) is 20.9. The van der Waals surface area contributed by atoms with Crippen LogP contribution in [0.3, 0.4) is 0 Å². The molecule has 4 rings (SSSR count). The van der Waals surface area contributed by atoms with E-state index >= 15 is 0 Å². The van der Waals surface area contributed by atoms with Gasteiger partial charge in [0.1, 0.15) is 11.2 Å². The third kappa shape index (κ3) is 9.20. The summed E-state index contributed by atoms with van der Waals surface area (Å²) in [5.74, 6) is -0.844. The number of halogens is 3. The number of rotatable bonds is 5. The number of ether oxygens (including phenoxy) is 3. The highest BCUT2D eigenvalue weighted by Gasteiger charge is 2.37. The number of anilines is 1. The van der Waals surface area contributed by atoms with Crippen LogP contribution < -0.4 is 4.90 Å². The summed E-state index contributed by atoms with van der Waals surface area (Å²) in [4.78, 5) is 44.0. The van der Waals surface area contributed by atoms with E-state index in [1.807, 2.05) is 4.90 Å². The van der Waals surface area contributed by atoms with Crippen molar-refractivity contribution < 1.29 is 41.8 Å². The Balaban J connectivity index is 1.40. The van der Waals surface area contributed by atoms with Crippen LogP contribution in [0.5, 0.6) is 0 Å². The highest BCUT2D eigenvalue weighted by atomic mass is 19.4. The van der Waals surface area contributed by atoms with E-state index in [0.717, 1.165) is 23.7 Å². The second kappa shape index (κ2) is 13.4. The smallest absolute Gasteiger partial charge is 0.427 e. The van der Waals surface area contributed by atoms with Crippen LogP contribution in [0.25, 0.3) is 0 Å². The molecule has 2 aromatic carbocycles. The van der Waals surface area contributed by atoms with Gasteiger partial charge < -0.3 is 19.1 Å². The van der Waals surface area contributed by atoms with Gasteiger partial charge in [0.15, 0.2) is 0 Å². The largest absolute Gasteiger partial charge is 0.443 e. The molecule has 45 heavy (non-hydrogen) atoms. The van der Waals surface area contributed by atoms with Gasteiger partial charge >= 0.3 is 18.4 Å². The van der Waals surface area contributed by atoms with Gasteiger partial charge in [0.05, 0.1) is 18.3 Å². The number of imide groups is 3. The van der Waals surface area contributed by atoms with E-state index in [0.29, 0.717) is 56.2 Å². The normalized spacial score (nSPS) is 17.8. The fourth-order valence-corrected chi connectivity index (χ4v) is 5.30. The molecule has 9 nitrogen and oxygen atoms in total. The maximum Gasteiger partial charge on any atom is 0.427 e. The summed E-state index contributed by atoms with van der Waals surface area (Å²) in [5, 5.41) is 0. The summed E-state index contributed by atoms with van der Waals surface area (Å²) in [7, 11) is 0. The van der Waals surface area contributed by atoms with Gasteiger partial charge in [0, 0.05) is 44.0 Å².